The second-order valence-electron chi connectivity index (χ2n) is 7.57. The molecule has 0 aliphatic carbocycles. The van der Waals surface area contributed by atoms with E-state index in [1.165, 1.54) is 17.2 Å². The highest BCUT2D eigenvalue weighted by Gasteiger charge is 2.18. The average Bonchev–Trinajstić information content (AvgIpc) is 3.25. The number of hydrogen-bond acceptors (Lipinski definition) is 4. The van der Waals surface area contributed by atoms with Crippen LogP contribution in [0.4, 0.5) is 0 Å². The second kappa shape index (κ2) is 11.4. The molecule has 1 amide bonds. The van der Waals surface area contributed by atoms with Gasteiger partial charge in [0.2, 0.25) is 5.91 Å². The predicted molar refractivity (Wildman–Crippen MR) is 139 cm³/mol. The summed E-state index contributed by atoms with van der Waals surface area (Å²) < 4.78 is 1.84. The highest BCUT2D eigenvalue weighted by Crippen LogP contribution is 2.31. The number of nitrogens with one attached hydrogen (secondary N) is 1. The van der Waals surface area contributed by atoms with E-state index in [1.54, 1.807) is 36.0 Å². The van der Waals surface area contributed by atoms with Crippen LogP contribution in [-0.4, -0.2) is 20.7 Å². The van der Waals surface area contributed by atoms with Crippen molar-refractivity contribution in [3.8, 4) is 5.69 Å². The van der Waals surface area contributed by atoms with Crippen molar-refractivity contribution in [1.82, 2.24) is 20.1 Å². The number of thioether (sulfide) groups is 1. The Hall–Kier alpha value is -3.06. The lowest BCUT2D eigenvalue weighted by Crippen LogP contribution is -2.22. The molecule has 4 rings (SSSR count). The largest absolute Gasteiger partial charge is 0.345 e. The van der Waals surface area contributed by atoms with Gasteiger partial charge < -0.3 is 5.32 Å². The van der Waals surface area contributed by atoms with Crippen molar-refractivity contribution < 1.29 is 4.79 Å². The molecule has 1 heterocycles. The number of carbonyl (C=O) groups excluding carboxylic acids is 1. The average molecular weight is 509 g/mol. The third-order valence-corrected chi connectivity index (χ3v) is 6.50. The molecule has 4 aromatic rings. The summed E-state index contributed by atoms with van der Waals surface area (Å²) in [6.07, 6.45) is 3.26. The van der Waals surface area contributed by atoms with Crippen LogP contribution in [0.1, 0.15) is 22.5 Å². The Bertz CT molecular complexity index is 1320. The molecule has 34 heavy (non-hydrogen) atoms. The van der Waals surface area contributed by atoms with E-state index < -0.39 is 0 Å². The SMILES string of the molecule is Cc1cccc(CSc2nnc(CNC(=O)C=Cc3ccccc3)n2-c2cc(Cl)ccc2Cl)c1. The van der Waals surface area contributed by atoms with E-state index in [2.05, 4.69) is 40.6 Å². The van der Waals surface area contributed by atoms with Crippen molar-refractivity contribution in [3.05, 3.63) is 111 Å². The number of halogens is 2. The second-order valence-corrected chi connectivity index (χ2v) is 9.36. The zero-order chi connectivity index (χ0) is 23.9. The molecular weight excluding hydrogens is 487 g/mol. The van der Waals surface area contributed by atoms with Gasteiger partial charge in [-0.15, -0.1) is 10.2 Å². The summed E-state index contributed by atoms with van der Waals surface area (Å²) in [6, 6.07) is 23.2. The summed E-state index contributed by atoms with van der Waals surface area (Å²) in [7, 11) is 0. The van der Waals surface area contributed by atoms with Crippen LogP contribution >= 0.6 is 35.0 Å². The first-order chi connectivity index (χ1) is 16.5. The van der Waals surface area contributed by atoms with Gasteiger partial charge in [0.05, 0.1) is 17.3 Å². The van der Waals surface area contributed by atoms with Gasteiger partial charge in [-0.3, -0.25) is 9.36 Å². The fourth-order valence-electron chi connectivity index (χ4n) is 3.32. The van der Waals surface area contributed by atoms with E-state index in [0.717, 1.165) is 5.56 Å². The number of aryl methyl sites for hydroxylation is 1. The van der Waals surface area contributed by atoms with Gasteiger partial charge >= 0.3 is 0 Å². The molecule has 5 nitrogen and oxygen atoms in total. The van der Waals surface area contributed by atoms with Gasteiger partial charge in [0, 0.05) is 16.9 Å². The first-order valence-electron chi connectivity index (χ1n) is 10.6. The van der Waals surface area contributed by atoms with Crippen LogP contribution in [0, 0.1) is 6.92 Å². The van der Waals surface area contributed by atoms with Crippen LogP contribution in [0.2, 0.25) is 10.0 Å². The van der Waals surface area contributed by atoms with E-state index in [0.29, 0.717) is 32.5 Å². The number of benzene rings is 3. The van der Waals surface area contributed by atoms with Crippen LogP contribution in [0.5, 0.6) is 0 Å². The maximum atomic E-state index is 12.4. The van der Waals surface area contributed by atoms with Crippen molar-refractivity contribution in [2.24, 2.45) is 0 Å². The number of aromatic nitrogens is 3. The summed E-state index contributed by atoms with van der Waals surface area (Å²) >= 11 is 14.3. The van der Waals surface area contributed by atoms with Gasteiger partial charge in [-0.2, -0.15) is 0 Å². The fourth-order valence-corrected chi connectivity index (χ4v) is 4.59. The van der Waals surface area contributed by atoms with Crippen LogP contribution in [0.15, 0.2) is 84.0 Å². The molecular formula is C26H22Cl2N4OS. The number of nitrogens with zero attached hydrogens (tertiary/aromatic N) is 3. The zero-order valence-corrected chi connectivity index (χ0v) is 20.7. The van der Waals surface area contributed by atoms with Gasteiger partial charge in [0.1, 0.15) is 0 Å². The molecule has 172 valence electrons. The number of amides is 1. The summed E-state index contributed by atoms with van der Waals surface area (Å²) in [5.41, 5.74) is 3.98. The van der Waals surface area contributed by atoms with Crippen LogP contribution in [-0.2, 0) is 17.1 Å². The van der Waals surface area contributed by atoms with Crippen molar-refractivity contribution >= 4 is 46.9 Å². The van der Waals surface area contributed by atoms with Gasteiger partial charge in [0.15, 0.2) is 11.0 Å². The minimum Gasteiger partial charge on any atom is -0.345 e. The van der Waals surface area contributed by atoms with E-state index >= 15 is 0 Å². The molecule has 1 N–H and O–H groups in total. The Balaban J connectivity index is 1.56. The predicted octanol–water partition coefficient (Wildman–Crippen LogP) is 6.50. The quantitative estimate of drug-likeness (QED) is 0.218. The van der Waals surface area contributed by atoms with E-state index in [-0.39, 0.29) is 12.5 Å². The standard InChI is InChI=1S/C26H22Cl2N4OS/c1-18-6-5-9-20(14-18)17-34-26-31-30-24(32(26)23-15-21(27)11-12-22(23)28)16-29-25(33)13-10-19-7-3-2-4-8-19/h2-15H,16-17H2,1H3,(H,29,33). The molecule has 0 atom stereocenters. The first kappa shape index (κ1) is 24.1. The molecule has 0 unspecified atom stereocenters. The number of carbonyl (C=O) groups is 1. The summed E-state index contributed by atoms with van der Waals surface area (Å²) in [6.45, 7) is 2.24. The lowest BCUT2D eigenvalue weighted by molar-refractivity contribution is -0.116. The fraction of sp³-hybridized carbons (Fsp3) is 0.115. The molecule has 0 bridgehead atoms. The molecule has 0 aliphatic rings. The Morgan fingerprint density at radius 2 is 1.85 bits per heavy atom. The molecule has 0 fully saturated rings. The van der Waals surface area contributed by atoms with Gasteiger partial charge in [-0.25, -0.2) is 0 Å². The molecule has 0 aliphatic heterocycles. The molecule has 0 saturated carbocycles. The molecule has 0 spiro atoms. The minimum atomic E-state index is -0.232. The first-order valence-corrected chi connectivity index (χ1v) is 12.3. The van der Waals surface area contributed by atoms with Crippen molar-refractivity contribution in [3.63, 3.8) is 0 Å². The van der Waals surface area contributed by atoms with Crippen molar-refractivity contribution in [1.29, 1.82) is 0 Å². The maximum absolute atomic E-state index is 12.4. The van der Waals surface area contributed by atoms with Crippen LogP contribution in [0.3, 0.4) is 0 Å². The van der Waals surface area contributed by atoms with Gasteiger partial charge in [-0.1, -0.05) is 95.1 Å². The van der Waals surface area contributed by atoms with Crippen molar-refractivity contribution in [2.75, 3.05) is 0 Å². The molecule has 0 saturated heterocycles. The third-order valence-electron chi connectivity index (χ3n) is 4.95. The third kappa shape index (κ3) is 6.29. The monoisotopic (exact) mass is 508 g/mol. The summed E-state index contributed by atoms with van der Waals surface area (Å²) in [4.78, 5) is 12.4. The molecule has 8 heteroatoms. The normalized spacial score (nSPS) is 11.1. The Morgan fingerprint density at radius 1 is 1.03 bits per heavy atom. The Morgan fingerprint density at radius 3 is 2.65 bits per heavy atom. The highest BCUT2D eigenvalue weighted by atomic mass is 35.5. The molecule has 0 radical (unpaired) electrons. The van der Waals surface area contributed by atoms with Gasteiger partial charge in [0.25, 0.3) is 0 Å². The van der Waals surface area contributed by atoms with Crippen molar-refractivity contribution in [2.45, 2.75) is 24.4 Å². The summed E-state index contributed by atoms with van der Waals surface area (Å²) in [5.74, 6) is 1.03. The number of hydrogen-bond donors (Lipinski definition) is 1. The van der Waals surface area contributed by atoms with E-state index in [9.17, 15) is 4.79 Å². The minimum absolute atomic E-state index is 0.179. The maximum Gasteiger partial charge on any atom is 0.244 e. The number of rotatable bonds is 8. The van der Waals surface area contributed by atoms with Gasteiger partial charge in [-0.05, 0) is 42.3 Å². The van der Waals surface area contributed by atoms with E-state index in [1.807, 2.05) is 41.0 Å². The molecule has 3 aromatic carbocycles. The zero-order valence-electron chi connectivity index (χ0n) is 18.4. The van der Waals surface area contributed by atoms with E-state index in [4.69, 9.17) is 23.2 Å². The highest BCUT2D eigenvalue weighted by molar-refractivity contribution is 7.98. The lowest BCUT2D eigenvalue weighted by Gasteiger charge is -2.13. The van der Waals surface area contributed by atoms with Crippen LogP contribution in [0.25, 0.3) is 11.8 Å². The summed E-state index contributed by atoms with van der Waals surface area (Å²) in [5, 5.41) is 13.3. The lowest BCUT2D eigenvalue weighted by atomic mass is 10.2. The Labute approximate surface area is 212 Å². The topological polar surface area (TPSA) is 59.8 Å². The smallest absolute Gasteiger partial charge is 0.244 e. The van der Waals surface area contributed by atoms with Crippen LogP contribution < -0.4 is 5.32 Å². The Kier molecular flexibility index (Phi) is 8.06. The molecule has 1 aromatic heterocycles.